The minimum Gasteiger partial charge on any atom is -0.490 e. The lowest BCUT2D eigenvalue weighted by atomic mass is 9.95. The number of nitrogens with two attached hydrogens (primary N) is 1. The Morgan fingerprint density at radius 2 is 2.03 bits per heavy atom. The number of aryl methyl sites for hydroxylation is 1. The summed E-state index contributed by atoms with van der Waals surface area (Å²) in [5, 5.41) is 8.45. The van der Waals surface area contributed by atoms with Gasteiger partial charge in [0, 0.05) is 5.70 Å². The fourth-order valence-corrected chi connectivity index (χ4v) is 5.18. The molecule has 3 aromatic rings. The number of benzene rings is 2. The molecule has 0 spiro atoms. The number of nitrogens with zero attached hydrogens (tertiary/aromatic N) is 3. The van der Waals surface area contributed by atoms with E-state index in [1.54, 1.807) is 4.68 Å². The van der Waals surface area contributed by atoms with Gasteiger partial charge in [-0.25, -0.2) is 4.68 Å². The van der Waals surface area contributed by atoms with Crippen LogP contribution in [0.4, 0.5) is 5.95 Å². The van der Waals surface area contributed by atoms with Crippen molar-refractivity contribution in [1.29, 1.82) is 0 Å². The van der Waals surface area contributed by atoms with E-state index in [4.69, 9.17) is 15.2 Å². The van der Waals surface area contributed by atoms with E-state index in [-0.39, 0.29) is 0 Å². The number of amides is 1. The molecule has 2 aromatic carbocycles. The number of halogens is 1. The summed E-state index contributed by atoms with van der Waals surface area (Å²) in [7, 11) is 0. The Bertz CT molecular complexity index is 1290. The molecule has 3 N–H and O–H groups in total. The molecule has 0 bridgehead atoms. The molecule has 8 nitrogen and oxygen atoms in total. The number of primary amides is 1. The van der Waals surface area contributed by atoms with Crippen molar-refractivity contribution in [3.63, 3.8) is 0 Å². The zero-order chi connectivity index (χ0) is 25.1. The zero-order valence-electron chi connectivity index (χ0n) is 20.1. The average Bonchev–Trinajstić information content (AvgIpc) is 3.19. The highest BCUT2D eigenvalue weighted by atomic mass is 79.9. The standard InChI is InChI=1S/C25H28BrN5O3S/c1-5-33-19-12-17(11-18(26)22(19)34-13-16-9-7-8-14(3)10-16)21-20(23(27)32)15(4)28-24-29-25(35-6-2)30-31(21)24/h7-12,21H,5-6,13H2,1-4H3,(H2,27,32)(H,28,29,30). The third-order valence-corrected chi connectivity index (χ3v) is 6.79. The van der Waals surface area contributed by atoms with Gasteiger partial charge in [-0.1, -0.05) is 48.5 Å². The van der Waals surface area contributed by atoms with Crippen molar-refractivity contribution in [2.45, 2.75) is 45.5 Å². The van der Waals surface area contributed by atoms with E-state index in [1.165, 1.54) is 17.3 Å². The number of carbonyl (C=O) groups is 1. The predicted octanol–water partition coefficient (Wildman–Crippen LogP) is 5.21. The summed E-state index contributed by atoms with van der Waals surface area (Å²) in [6.45, 7) is 8.66. The fraction of sp³-hybridized carbons (Fsp3) is 0.320. The SMILES string of the molecule is CCOc1cc(C2C(C(N)=O)=C(C)Nc3nc(SCC)nn32)cc(Br)c1OCc1cccc(C)c1. The molecule has 0 aliphatic carbocycles. The first-order valence-corrected chi connectivity index (χ1v) is 13.1. The molecule has 1 unspecified atom stereocenters. The van der Waals surface area contributed by atoms with Crippen molar-refractivity contribution in [2.24, 2.45) is 5.73 Å². The van der Waals surface area contributed by atoms with Gasteiger partial charge in [0.25, 0.3) is 0 Å². The Labute approximate surface area is 217 Å². The van der Waals surface area contributed by atoms with Gasteiger partial charge in [0.15, 0.2) is 11.5 Å². The molecule has 1 aliphatic heterocycles. The normalized spacial score (nSPS) is 14.9. The van der Waals surface area contributed by atoms with Crippen LogP contribution in [0.15, 0.2) is 57.3 Å². The number of rotatable bonds is 9. The summed E-state index contributed by atoms with van der Waals surface area (Å²) in [5.41, 5.74) is 9.89. The van der Waals surface area contributed by atoms with Crippen molar-refractivity contribution in [3.05, 3.63) is 68.8 Å². The topological polar surface area (TPSA) is 104 Å². The maximum absolute atomic E-state index is 12.5. The lowest BCUT2D eigenvalue weighted by Gasteiger charge is -2.28. The van der Waals surface area contributed by atoms with Crippen molar-refractivity contribution in [2.75, 3.05) is 17.7 Å². The van der Waals surface area contributed by atoms with Crippen LogP contribution in [0.1, 0.15) is 43.5 Å². The third kappa shape index (κ3) is 5.33. The molecule has 1 amide bonds. The molecule has 0 saturated heterocycles. The molecule has 1 aliphatic rings. The molecule has 1 aromatic heterocycles. The Morgan fingerprint density at radius 1 is 1.23 bits per heavy atom. The molecule has 4 rings (SSSR count). The Kier molecular flexibility index (Phi) is 7.71. The second-order valence-electron chi connectivity index (χ2n) is 8.07. The van der Waals surface area contributed by atoms with Crippen LogP contribution in [-0.4, -0.2) is 33.0 Å². The molecule has 0 saturated carbocycles. The quantitative estimate of drug-likeness (QED) is 0.348. The first-order chi connectivity index (χ1) is 16.8. The van der Waals surface area contributed by atoms with Crippen LogP contribution in [0.3, 0.4) is 0 Å². The maximum atomic E-state index is 12.5. The van der Waals surface area contributed by atoms with Crippen LogP contribution in [-0.2, 0) is 11.4 Å². The Balaban J connectivity index is 1.77. The molecule has 1 atom stereocenters. The van der Waals surface area contributed by atoms with E-state index in [0.717, 1.165) is 16.9 Å². The van der Waals surface area contributed by atoms with E-state index in [0.29, 0.717) is 51.6 Å². The molecule has 2 heterocycles. The minimum absolute atomic E-state index is 0.392. The highest BCUT2D eigenvalue weighted by Gasteiger charge is 2.34. The number of fused-ring (bicyclic) bond motifs is 1. The number of anilines is 1. The second-order valence-corrected chi connectivity index (χ2v) is 10.2. The highest BCUT2D eigenvalue weighted by molar-refractivity contribution is 9.10. The van der Waals surface area contributed by atoms with Crippen LogP contribution in [0.25, 0.3) is 0 Å². The van der Waals surface area contributed by atoms with Gasteiger partial charge in [0.2, 0.25) is 17.0 Å². The summed E-state index contributed by atoms with van der Waals surface area (Å²) in [5.74, 6) is 2.01. The molecule has 0 fully saturated rings. The first kappa shape index (κ1) is 25.1. The van der Waals surface area contributed by atoms with Crippen LogP contribution in [0.5, 0.6) is 11.5 Å². The molecular weight excluding hydrogens is 530 g/mol. The number of carbonyl (C=O) groups excluding carboxylic acids is 1. The monoisotopic (exact) mass is 557 g/mol. The number of ether oxygens (including phenoxy) is 2. The van der Waals surface area contributed by atoms with Crippen LogP contribution < -0.4 is 20.5 Å². The van der Waals surface area contributed by atoms with Crippen molar-refractivity contribution >= 4 is 39.5 Å². The summed E-state index contributed by atoms with van der Waals surface area (Å²) < 4.78 is 14.6. The molecule has 35 heavy (non-hydrogen) atoms. The summed E-state index contributed by atoms with van der Waals surface area (Å²) in [4.78, 5) is 17.1. The van der Waals surface area contributed by atoms with E-state index >= 15 is 0 Å². The van der Waals surface area contributed by atoms with Gasteiger partial charge in [-0.2, -0.15) is 4.98 Å². The van der Waals surface area contributed by atoms with Gasteiger partial charge in [-0.3, -0.25) is 4.79 Å². The van der Waals surface area contributed by atoms with Gasteiger partial charge in [0.05, 0.1) is 16.7 Å². The number of aromatic nitrogens is 3. The number of hydrogen-bond acceptors (Lipinski definition) is 7. The van der Waals surface area contributed by atoms with Crippen LogP contribution in [0.2, 0.25) is 0 Å². The van der Waals surface area contributed by atoms with Gasteiger partial charge in [0.1, 0.15) is 12.6 Å². The highest BCUT2D eigenvalue weighted by Crippen LogP contribution is 2.43. The van der Waals surface area contributed by atoms with E-state index in [2.05, 4.69) is 37.4 Å². The lowest BCUT2D eigenvalue weighted by molar-refractivity contribution is -0.115. The van der Waals surface area contributed by atoms with Crippen LogP contribution in [0, 0.1) is 6.92 Å². The fourth-order valence-electron chi connectivity index (χ4n) is 4.06. The number of allylic oxidation sites excluding steroid dienone is 1. The van der Waals surface area contributed by atoms with Gasteiger partial charge in [-0.05, 0) is 65.7 Å². The first-order valence-electron chi connectivity index (χ1n) is 11.3. The molecule has 0 radical (unpaired) electrons. The zero-order valence-corrected chi connectivity index (χ0v) is 22.5. The van der Waals surface area contributed by atoms with Gasteiger partial charge >= 0.3 is 0 Å². The third-order valence-electron chi connectivity index (χ3n) is 5.49. The largest absolute Gasteiger partial charge is 0.490 e. The molecular formula is C25H28BrN5O3S. The smallest absolute Gasteiger partial charge is 0.248 e. The lowest BCUT2D eigenvalue weighted by Crippen LogP contribution is -2.32. The summed E-state index contributed by atoms with van der Waals surface area (Å²) in [6.07, 6.45) is 0. The van der Waals surface area contributed by atoms with Crippen molar-refractivity contribution in [1.82, 2.24) is 14.8 Å². The molecule has 10 heteroatoms. The Morgan fingerprint density at radius 3 is 2.71 bits per heavy atom. The summed E-state index contributed by atoms with van der Waals surface area (Å²) in [6, 6.07) is 11.4. The van der Waals surface area contributed by atoms with E-state index in [9.17, 15) is 4.79 Å². The van der Waals surface area contributed by atoms with Gasteiger partial charge in [-0.15, -0.1) is 5.10 Å². The van der Waals surface area contributed by atoms with Crippen molar-refractivity contribution < 1.29 is 14.3 Å². The number of nitrogens with one attached hydrogen (secondary N) is 1. The second kappa shape index (κ2) is 10.7. The average molecular weight is 559 g/mol. The minimum atomic E-state index is -0.566. The van der Waals surface area contributed by atoms with E-state index < -0.39 is 11.9 Å². The number of hydrogen-bond donors (Lipinski definition) is 2. The van der Waals surface area contributed by atoms with E-state index in [1.807, 2.05) is 58.0 Å². The number of thioether (sulfide) groups is 1. The summed E-state index contributed by atoms with van der Waals surface area (Å²) >= 11 is 5.19. The van der Waals surface area contributed by atoms with Crippen LogP contribution >= 0.6 is 27.7 Å². The predicted molar refractivity (Wildman–Crippen MR) is 141 cm³/mol. The van der Waals surface area contributed by atoms with Gasteiger partial charge < -0.3 is 20.5 Å². The molecule has 184 valence electrons. The van der Waals surface area contributed by atoms with Crippen molar-refractivity contribution in [3.8, 4) is 11.5 Å². The maximum Gasteiger partial charge on any atom is 0.248 e. The Hall–Kier alpha value is -2.98.